The lowest BCUT2D eigenvalue weighted by molar-refractivity contribution is 0.390. The van der Waals surface area contributed by atoms with E-state index in [9.17, 15) is 4.79 Å². The Labute approximate surface area is 157 Å². The minimum Gasteiger partial charge on any atom is -0.461 e. The van der Waals surface area contributed by atoms with E-state index in [1.165, 1.54) is 11.8 Å². The SMILES string of the molecule is CCn1c(SCc2nc(-c3ccco3)no2)nc2sc(C)c(C)c2c1=O. The fourth-order valence-corrected chi connectivity index (χ4v) is 4.61. The molecule has 9 heteroatoms. The van der Waals surface area contributed by atoms with Crippen LogP contribution in [-0.4, -0.2) is 19.7 Å². The van der Waals surface area contributed by atoms with E-state index in [-0.39, 0.29) is 5.56 Å². The molecule has 26 heavy (non-hydrogen) atoms. The Morgan fingerprint density at radius 3 is 2.88 bits per heavy atom. The fourth-order valence-electron chi connectivity index (χ4n) is 2.64. The van der Waals surface area contributed by atoms with Crippen molar-refractivity contribution in [3.05, 3.63) is 45.1 Å². The average molecular weight is 388 g/mol. The van der Waals surface area contributed by atoms with Crippen LogP contribution in [0, 0.1) is 13.8 Å². The number of rotatable bonds is 5. The number of hydrogen-bond acceptors (Lipinski definition) is 8. The van der Waals surface area contributed by atoms with E-state index in [2.05, 4.69) is 10.1 Å². The van der Waals surface area contributed by atoms with Gasteiger partial charge < -0.3 is 8.94 Å². The van der Waals surface area contributed by atoms with E-state index < -0.39 is 0 Å². The van der Waals surface area contributed by atoms with Crippen LogP contribution in [0.15, 0.2) is 37.3 Å². The molecule has 4 aromatic rings. The van der Waals surface area contributed by atoms with Crippen molar-refractivity contribution < 1.29 is 8.94 Å². The molecular formula is C17H16N4O3S2. The normalized spacial score (nSPS) is 11.5. The molecule has 0 aliphatic heterocycles. The maximum Gasteiger partial charge on any atom is 0.263 e. The van der Waals surface area contributed by atoms with Crippen LogP contribution in [0.4, 0.5) is 0 Å². The smallest absolute Gasteiger partial charge is 0.263 e. The first-order valence-electron chi connectivity index (χ1n) is 8.08. The van der Waals surface area contributed by atoms with Crippen LogP contribution >= 0.6 is 23.1 Å². The van der Waals surface area contributed by atoms with Crippen molar-refractivity contribution in [1.29, 1.82) is 0 Å². The number of nitrogens with zero attached hydrogens (tertiary/aromatic N) is 4. The van der Waals surface area contributed by atoms with E-state index in [4.69, 9.17) is 13.9 Å². The number of thioether (sulfide) groups is 1. The van der Waals surface area contributed by atoms with Crippen LogP contribution < -0.4 is 5.56 Å². The molecule has 134 valence electrons. The van der Waals surface area contributed by atoms with E-state index in [0.29, 0.717) is 34.9 Å². The molecule has 0 unspecified atom stereocenters. The van der Waals surface area contributed by atoms with Crippen molar-refractivity contribution in [1.82, 2.24) is 19.7 Å². The summed E-state index contributed by atoms with van der Waals surface area (Å²) in [6.45, 7) is 6.48. The van der Waals surface area contributed by atoms with Crippen LogP contribution in [-0.2, 0) is 12.3 Å². The van der Waals surface area contributed by atoms with Gasteiger partial charge in [-0.2, -0.15) is 4.98 Å². The van der Waals surface area contributed by atoms with Gasteiger partial charge in [-0.1, -0.05) is 16.9 Å². The van der Waals surface area contributed by atoms with Crippen LogP contribution in [0.2, 0.25) is 0 Å². The summed E-state index contributed by atoms with van der Waals surface area (Å²) in [6.07, 6.45) is 1.56. The molecule has 0 N–H and O–H groups in total. The minimum absolute atomic E-state index is 0.00338. The first-order chi connectivity index (χ1) is 12.6. The predicted octanol–water partition coefficient (Wildman–Crippen LogP) is 4.03. The lowest BCUT2D eigenvalue weighted by Gasteiger charge is -2.08. The number of aromatic nitrogens is 4. The summed E-state index contributed by atoms with van der Waals surface area (Å²) in [4.78, 5) is 23.8. The van der Waals surface area contributed by atoms with E-state index in [1.54, 1.807) is 34.3 Å². The molecule has 4 aromatic heterocycles. The number of fused-ring (bicyclic) bond motifs is 1. The van der Waals surface area contributed by atoms with E-state index in [0.717, 1.165) is 20.7 Å². The average Bonchev–Trinajstić information content (AvgIpc) is 3.34. The summed E-state index contributed by atoms with van der Waals surface area (Å²) in [5.41, 5.74) is 1.02. The highest BCUT2D eigenvalue weighted by molar-refractivity contribution is 7.98. The standard InChI is InChI=1S/C17H16N4O3S2/c1-4-21-16(22)13-9(2)10(3)26-15(13)19-17(21)25-8-12-18-14(20-24-12)11-6-5-7-23-11/h5-7H,4,8H2,1-3H3. The minimum atomic E-state index is 0.00338. The third-order valence-corrected chi connectivity index (χ3v) is 6.17. The second-order valence-corrected chi connectivity index (χ2v) is 7.83. The highest BCUT2D eigenvalue weighted by atomic mass is 32.2. The summed E-state index contributed by atoms with van der Waals surface area (Å²) in [5, 5.41) is 5.29. The second-order valence-electron chi connectivity index (χ2n) is 5.68. The van der Waals surface area contributed by atoms with Crippen molar-refractivity contribution in [3.8, 4) is 11.6 Å². The maximum absolute atomic E-state index is 12.8. The summed E-state index contributed by atoms with van der Waals surface area (Å²) in [6, 6.07) is 3.54. The Bertz CT molecular complexity index is 1130. The first-order valence-corrected chi connectivity index (χ1v) is 9.88. The number of thiophene rings is 1. The molecule has 7 nitrogen and oxygen atoms in total. The van der Waals surface area contributed by atoms with Gasteiger partial charge in [-0.15, -0.1) is 11.3 Å². The van der Waals surface area contributed by atoms with Gasteiger partial charge in [0.15, 0.2) is 10.9 Å². The fraction of sp³-hybridized carbons (Fsp3) is 0.294. The van der Waals surface area contributed by atoms with Crippen LogP contribution in [0.1, 0.15) is 23.3 Å². The Hall–Kier alpha value is -2.39. The third-order valence-electron chi connectivity index (χ3n) is 4.10. The van der Waals surface area contributed by atoms with Crippen molar-refractivity contribution >= 4 is 33.3 Å². The first kappa shape index (κ1) is 17.0. The summed E-state index contributed by atoms with van der Waals surface area (Å²) >= 11 is 2.96. The lowest BCUT2D eigenvalue weighted by atomic mass is 10.2. The quantitative estimate of drug-likeness (QED) is 0.377. The number of aryl methyl sites for hydroxylation is 2. The van der Waals surface area contributed by atoms with Gasteiger partial charge in [-0.25, -0.2) is 4.98 Å². The Kier molecular flexibility index (Phi) is 4.41. The molecular weight excluding hydrogens is 372 g/mol. The van der Waals surface area contributed by atoms with Gasteiger partial charge in [0.1, 0.15) is 4.83 Å². The largest absolute Gasteiger partial charge is 0.461 e. The Morgan fingerprint density at radius 2 is 2.15 bits per heavy atom. The molecule has 0 aliphatic carbocycles. The van der Waals surface area contributed by atoms with Gasteiger partial charge in [-0.05, 0) is 38.5 Å². The molecule has 4 heterocycles. The molecule has 0 spiro atoms. The molecule has 0 amide bonds. The van der Waals surface area contributed by atoms with Crippen molar-refractivity contribution in [2.45, 2.75) is 38.2 Å². The zero-order valence-electron chi connectivity index (χ0n) is 14.5. The van der Waals surface area contributed by atoms with Crippen molar-refractivity contribution in [2.75, 3.05) is 0 Å². The number of furan rings is 1. The topological polar surface area (TPSA) is 86.9 Å². The molecule has 0 aromatic carbocycles. The number of hydrogen-bond donors (Lipinski definition) is 0. The molecule has 0 bridgehead atoms. The third kappa shape index (κ3) is 2.86. The Balaban J connectivity index is 1.64. The van der Waals surface area contributed by atoms with E-state index in [1.807, 2.05) is 20.8 Å². The van der Waals surface area contributed by atoms with E-state index >= 15 is 0 Å². The highest BCUT2D eigenvalue weighted by Crippen LogP contribution is 2.29. The lowest BCUT2D eigenvalue weighted by Crippen LogP contribution is -2.22. The monoisotopic (exact) mass is 388 g/mol. The van der Waals surface area contributed by atoms with Crippen LogP contribution in [0.5, 0.6) is 0 Å². The molecule has 0 aliphatic rings. The second kappa shape index (κ2) is 6.73. The zero-order valence-corrected chi connectivity index (χ0v) is 16.1. The molecule has 4 rings (SSSR count). The van der Waals surface area contributed by atoms with Crippen LogP contribution in [0.25, 0.3) is 21.8 Å². The molecule has 0 saturated heterocycles. The maximum atomic E-state index is 12.8. The zero-order chi connectivity index (χ0) is 18.3. The molecule has 0 fully saturated rings. The van der Waals surface area contributed by atoms with Gasteiger partial charge in [0, 0.05) is 11.4 Å². The van der Waals surface area contributed by atoms with Crippen molar-refractivity contribution in [3.63, 3.8) is 0 Å². The van der Waals surface area contributed by atoms with Gasteiger partial charge in [0.25, 0.3) is 5.56 Å². The molecule has 0 atom stereocenters. The molecule has 0 saturated carbocycles. The highest BCUT2D eigenvalue weighted by Gasteiger charge is 2.17. The van der Waals surface area contributed by atoms with Gasteiger partial charge in [0.2, 0.25) is 11.7 Å². The summed E-state index contributed by atoms with van der Waals surface area (Å²) in [5.74, 6) is 1.84. The van der Waals surface area contributed by atoms with Gasteiger partial charge in [0.05, 0.1) is 17.4 Å². The van der Waals surface area contributed by atoms with Gasteiger partial charge in [-0.3, -0.25) is 9.36 Å². The Morgan fingerprint density at radius 1 is 1.31 bits per heavy atom. The van der Waals surface area contributed by atoms with Crippen molar-refractivity contribution in [2.24, 2.45) is 0 Å². The van der Waals surface area contributed by atoms with Crippen LogP contribution in [0.3, 0.4) is 0 Å². The summed E-state index contributed by atoms with van der Waals surface area (Å²) in [7, 11) is 0. The molecule has 0 radical (unpaired) electrons. The predicted molar refractivity (Wildman–Crippen MR) is 101 cm³/mol. The van der Waals surface area contributed by atoms with Gasteiger partial charge >= 0.3 is 0 Å². The summed E-state index contributed by atoms with van der Waals surface area (Å²) < 4.78 is 12.2.